The molecule has 8 heteroatoms. The fourth-order valence-corrected chi connectivity index (χ4v) is 3.97. The van der Waals surface area contributed by atoms with E-state index in [1.807, 2.05) is 47.8 Å². The molecule has 0 aliphatic carbocycles. The first kappa shape index (κ1) is 16.7. The molecule has 0 saturated carbocycles. The molecule has 3 rings (SSSR count). The van der Waals surface area contributed by atoms with E-state index in [1.165, 1.54) is 16.6 Å². The molecule has 0 aliphatic heterocycles. The van der Waals surface area contributed by atoms with Crippen molar-refractivity contribution in [2.45, 2.75) is 17.0 Å². The molecular formula is C16H17N5OS2. The highest BCUT2D eigenvalue weighted by atomic mass is 32.2. The quantitative estimate of drug-likeness (QED) is 0.633. The van der Waals surface area contributed by atoms with Gasteiger partial charge in [-0.25, -0.2) is 4.68 Å². The number of carbonyl (C=O) groups is 1. The summed E-state index contributed by atoms with van der Waals surface area (Å²) in [6.07, 6.45) is 0. The molecule has 24 heavy (non-hydrogen) atoms. The smallest absolute Gasteiger partial charge is 0.240 e. The van der Waals surface area contributed by atoms with Gasteiger partial charge in [0.25, 0.3) is 0 Å². The maximum absolute atomic E-state index is 12.6. The molecule has 3 aromatic rings. The number of hydrogen-bond acceptors (Lipinski definition) is 6. The van der Waals surface area contributed by atoms with Crippen LogP contribution in [0, 0.1) is 0 Å². The number of thiophene rings is 1. The van der Waals surface area contributed by atoms with Gasteiger partial charge in [0.05, 0.1) is 6.54 Å². The largest absolute Gasteiger partial charge is 0.348 e. The predicted molar refractivity (Wildman–Crippen MR) is 95.0 cm³/mol. The number of benzene rings is 1. The third-order valence-electron chi connectivity index (χ3n) is 3.38. The zero-order valence-electron chi connectivity index (χ0n) is 13.4. The summed E-state index contributed by atoms with van der Waals surface area (Å²) in [7, 11) is 3.51. The van der Waals surface area contributed by atoms with E-state index in [0.717, 1.165) is 5.56 Å². The Labute approximate surface area is 148 Å². The van der Waals surface area contributed by atoms with Crippen LogP contribution in [0.1, 0.15) is 15.7 Å². The number of hydrogen-bond donors (Lipinski definition) is 0. The van der Waals surface area contributed by atoms with Crippen molar-refractivity contribution in [3.8, 4) is 0 Å². The van der Waals surface area contributed by atoms with Crippen molar-refractivity contribution in [2.75, 3.05) is 14.1 Å². The van der Waals surface area contributed by atoms with Gasteiger partial charge in [-0.2, -0.15) is 0 Å². The van der Waals surface area contributed by atoms with Gasteiger partial charge >= 0.3 is 0 Å². The molecule has 6 nitrogen and oxygen atoms in total. The number of amides is 1. The predicted octanol–water partition coefficient (Wildman–Crippen LogP) is 2.70. The van der Waals surface area contributed by atoms with Gasteiger partial charge in [0, 0.05) is 19.0 Å². The Bertz CT molecular complexity index is 786. The van der Waals surface area contributed by atoms with Crippen LogP contribution < -0.4 is 0 Å². The van der Waals surface area contributed by atoms with E-state index in [0.29, 0.717) is 11.7 Å². The standard InChI is InChI=1S/C16H17N5OS2/c1-20(2)15(22)14(12-7-4-3-5-8-12)24-16-17-18-19-21(16)11-13-9-6-10-23-13/h3-10,14H,11H2,1-2H3. The fourth-order valence-electron chi connectivity index (χ4n) is 2.16. The van der Waals surface area contributed by atoms with Crippen LogP contribution in [0.4, 0.5) is 0 Å². The third kappa shape index (κ3) is 3.82. The molecule has 1 amide bonds. The second-order valence-electron chi connectivity index (χ2n) is 5.34. The Morgan fingerprint density at radius 2 is 2.04 bits per heavy atom. The summed E-state index contributed by atoms with van der Waals surface area (Å²) in [4.78, 5) is 15.4. The molecule has 0 N–H and O–H groups in total. The molecule has 1 atom stereocenters. The highest BCUT2D eigenvalue weighted by molar-refractivity contribution is 8.00. The maximum Gasteiger partial charge on any atom is 0.240 e. The van der Waals surface area contributed by atoms with Crippen LogP contribution >= 0.6 is 23.1 Å². The monoisotopic (exact) mass is 359 g/mol. The zero-order valence-corrected chi connectivity index (χ0v) is 15.0. The summed E-state index contributed by atoms with van der Waals surface area (Å²) in [6, 6.07) is 13.7. The lowest BCUT2D eigenvalue weighted by Crippen LogP contribution is -2.27. The van der Waals surface area contributed by atoms with Crippen LogP contribution in [0.3, 0.4) is 0 Å². The fraction of sp³-hybridized carbons (Fsp3) is 0.250. The molecule has 0 bridgehead atoms. The summed E-state index contributed by atoms with van der Waals surface area (Å²) in [5.41, 5.74) is 0.937. The molecule has 0 fully saturated rings. The lowest BCUT2D eigenvalue weighted by molar-refractivity contribution is -0.128. The van der Waals surface area contributed by atoms with E-state index >= 15 is 0 Å². The molecule has 0 saturated heterocycles. The van der Waals surface area contributed by atoms with Gasteiger partial charge in [-0.05, 0) is 27.4 Å². The van der Waals surface area contributed by atoms with Crippen LogP contribution in [0.2, 0.25) is 0 Å². The lowest BCUT2D eigenvalue weighted by atomic mass is 10.1. The van der Waals surface area contributed by atoms with Crippen LogP contribution in [-0.4, -0.2) is 45.1 Å². The Morgan fingerprint density at radius 1 is 1.25 bits per heavy atom. The minimum Gasteiger partial charge on any atom is -0.348 e. The van der Waals surface area contributed by atoms with Gasteiger partial charge in [0.1, 0.15) is 5.25 Å². The van der Waals surface area contributed by atoms with Crippen molar-refractivity contribution in [1.82, 2.24) is 25.1 Å². The normalized spacial score (nSPS) is 12.1. The highest BCUT2D eigenvalue weighted by Crippen LogP contribution is 2.35. The average molecular weight is 359 g/mol. The number of nitrogens with zero attached hydrogens (tertiary/aromatic N) is 5. The van der Waals surface area contributed by atoms with Crippen LogP contribution in [-0.2, 0) is 11.3 Å². The van der Waals surface area contributed by atoms with Gasteiger partial charge in [-0.1, -0.05) is 48.2 Å². The topological polar surface area (TPSA) is 63.9 Å². The van der Waals surface area contributed by atoms with Gasteiger partial charge < -0.3 is 4.90 Å². The molecule has 2 heterocycles. The SMILES string of the molecule is CN(C)C(=O)C(Sc1nnnn1Cc1cccs1)c1ccccc1. The van der Waals surface area contributed by atoms with Crippen LogP contribution in [0.25, 0.3) is 0 Å². The number of rotatable bonds is 6. The first-order chi connectivity index (χ1) is 11.6. The molecule has 2 aromatic heterocycles. The molecule has 1 aromatic carbocycles. The summed E-state index contributed by atoms with van der Waals surface area (Å²) in [5.74, 6) is 0.0110. The molecular weight excluding hydrogens is 342 g/mol. The van der Waals surface area contributed by atoms with Gasteiger partial charge in [0.15, 0.2) is 0 Å². The van der Waals surface area contributed by atoms with E-state index in [2.05, 4.69) is 15.5 Å². The molecule has 0 spiro atoms. The number of thioether (sulfide) groups is 1. The van der Waals surface area contributed by atoms with Crippen molar-refractivity contribution >= 4 is 29.0 Å². The van der Waals surface area contributed by atoms with E-state index in [-0.39, 0.29) is 11.2 Å². The van der Waals surface area contributed by atoms with E-state index in [1.54, 1.807) is 35.0 Å². The Morgan fingerprint density at radius 3 is 2.71 bits per heavy atom. The van der Waals surface area contributed by atoms with E-state index in [9.17, 15) is 4.79 Å². The Hall–Kier alpha value is -2.19. The summed E-state index contributed by atoms with van der Waals surface area (Å²) < 4.78 is 1.73. The summed E-state index contributed by atoms with van der Waals surface area (Å²) >= 11 is 3.03. The minimum atomic E-state index is -0.380. The summed E-state index contributed by atoms with van der Waals surface area (Å²) in [6.45, 7) is 0.602. The van der Waals surface area contributed by atoms with Crippen molar-refractivity contribution in [1.29, 1.82) is 0 Å². The van der Waals surface area contributed by atoms with Crippen molar-refractivity contribution in [3.63, 3.8) is 0 Å². The minimum absolute atomic E-state index is 0.0110. The molecule has 1 unspecified atom stereocenters. The Kier molecular flexibility index (Phi) is 5.27. The first-order valence-electron chi connectivity index (χ1n) is 7.36. The second kappa shape index (κ2) is 7.59. The first-order valence-corrected chi connectivity index (χ1v) is 9.12. The van der Waals surface area contributed by atoms with E-state index < -0.39 is 0 Å². The molecule has 124 valence electrons. The average Bonchev–Trinajstić information content (AvgIpc) is 3.25. The number of tetrazole rings is 1. The summed E-state index contributed by atoms with van der Waals surface area (Å²) in [5, 5.41) is 14.2. The number of likely N-dealkylation sites (N-methyl/N-ethyl adjacent to an activating group) is 1. The van der Waals surface area contributed by atoms with Gasteiger partial charge in [-0.3, -0.25) is 4.79 Å². The van der Waals surface area contributed by atoms with Gasteiger partial charge in [-0.15, -0.1) is 16.4 Å². The third-order valence-corrected chi connectivity index (χ3v) is 5.45. The van der Waals surface area contributed by atoms with Gasteiger partial charge in [0.2, 0.25) is 11.1 Å². The van der Waals surface area contributed by atoms with Crippen molar-refractivity contribution in [3.05, 3.63) is 58.3 Å². The van der Waals surface area contributed by atoms with Crippen molar-refractivity contribution < 1.29 is 4.79 Å². The number of carbonyl (C=O) groups excluding carboxylic acids is 1. The number of aromatic nitrogens is 4. The lowest BCUT2D eigenvalue weighted by Gasteiger charge is -2.20. The van der Waals surface area contributed by atoms with E-state index in [4.69, 9.17) is 0 Å². The molecule has 0 aliphatic rings. The zero-order chi connectivity index (χ0) is 16.9. The highest BCUT2D eigenvalue weighted by Gasteiger charge is 2.26. The maximum atomic E-state index is 12.6. The van der Waals surface area contributed by atoms with Crippen molar-refractivity contribution in [2.24, 2.45) is 0 Å². The molecule has 0 radical (unpaired) electrons. The van der Waals surface area contributed by atoms with Crippen LogP contribution in [0.5, 0.6) is 0 Å². The van der Waals surface area contributed by atoms with Crippen LogP contribution in [0.15, 0.2) is 53.0 Å². The Balaban J connectivity index is 1.86. The second-order valence-corrected chi connectivity index (χ2v) is 7.44.